The summed E-state index contributed by atoms with van der Waals surface area (Å²) in [6.07, 6.45) is 0. The van der Waals surface area contributed by atoms with Crippen LogP contribution in [0.3, 0.4) is 0 Å². The predicted octanol–water partition coefficient (Wildman–Crippen LogP) is 1.98. The Hall–Kier alpha value is -1.20. The average molecular weight is 286 g/mol. The number of benzene rings is 1. The van der Waals surface area contributed by atoms with E-state index >= 15 is 0 Å². The Labute approximate surface area is 114 Å². The Balaban J connectivity index is 1.80. The van der Waals surface area contributed by atoms with Gasteiger partial charge in [0.25, 0.3) is 0 Å². The lowest BCUT2D eigenvalue weighted by Gasteiger charge is -2.36. The SMILES string of the molecule is O=C(O)C1CN(C(=O)CSc2ccccc2Cl)C1. The monoisotopic (exact) mass is 285 g/mol. The highest BCUT2D eigenvalue weighted by atomic mass is 35.5. The van der Waals surface area contributed by atoms with Crippen LogP contribution in [0.1, 0.15) is 0 Å². The maximum absolute atomic E-state index is 11.7. The molecule has 2 rings (SSSR count). The minimum atomic E-state index is -0.835. The number of nitrogens with zero attached hydrogens (tertiary/aromatic N) is 1. The molecule has 1 aliphatic heterocycles. The highest BCUT2D eigenvalue weighted by Gasteiger charge is 2.35. The van der Waals surface area contributed by atoms with E-state index < -0.39 is 11.9 Å². The van der Waals surface area contributed by atoms with Crippen LogP contribution in [-0.4, -0.2) is 40.7 Å². The fraction of sp³-hybridized carbons (Fsp3) is 0.333. The third-order valence-corrected chi connectivity index (χ3v) is 4.27. The van der Waals surface area contributed by atoms with Gasteiger partial charge in [0.15, 0.2) is 0 Å². The molecule has 96 valence electrons. The molecule has 6 heteroatoms. The second-order valence-electron chi connectivity index (χ2n) is 4.05. The fourth-order valence-electron chi connectivity index (χ4n) is 1.63. The Morgan fingerprint density at radius 3 is 2.67 bits per heavy atom. The molecule has 0 bridgehead atoms. The van der Waals surface area contributed by atoms with Crippen LogP contribution < -0.4 is 0 Å². The number of aliphatic carboxylic acids is 1. The van der Waals surface area contributed by atoms with Gasteiger partial charge in [-0.3, -0.25) is 9.59 Å². The van der Waals surface area contributed by atoms with E-state index in [1.165, 1.54) is 11.8 Å². The minimum Gasteiger partial charge on any atom is -0.481 e. The summed E-state index contributed by atoms with van der Waals surface area (Å²) in [4.78, 5) is 24.8. The van der Waals surface area contributed by atoms with Crippen LogP contribution in [-0.2, 0) is 9.59 Å². The van der Waals surface area contributed by atoms with Crippen LogP contribution in [0.4, 0.5) is 0 Å². The topological polar surface area (TPSA) is 57.6 Å². The van der Waals surface area contributed by atoms with Gasteiger partial charge in [0.05, 0.1) is 16.7 Å². The van der Waals surface area contributed by atoms with Crippen molar-refractivity contribution in [3.05, 3.63) is 29.3 Å². The molecule has 0 spiro atoms. The third-order valence-electron chi connectivity index (χ3n) is 2.77. The molecule has 0 unspecified atom stereocenters. The Morgan fingerprint density at radius 2 is 2.06 bits per heavy atom. The fourth-order valence-corrected chi connectivity index (χ4v) is 2.77. The molecule has 1 aromatic carbocycles. The number of hydrogen-bond acceptors (Lipinski definition) is 3. The summed E-state index contributed by atoms with van der Waals surface area (Å²) >= 11 is 7.35. The highest BCUT2D eigenvalue weighted by Crippen LogP contribution is 2.27. The van der Waals surface area contributed by atoms with Crippen molar-refractivity contribution in [2.75, 3.05) is 18.8 Å². The van der Waals surface area contributed by atoms with E-state index in [0.29, 0.717) is 18.1 Å². The van der Waals surface area contributed by atoms with Crippen molar-refractivity contribution in [3.63, 3.8) is 0 Å². The van der Waals surface area contributed by atoms with Crippen molar-refractivity contribution in [2.45, 2.75) is 4.90 Å². The first-order valence-corrected chi connectivity index (χ1v) is 6.82. The lowest BCUT2D eigenvalue weighted by atomic mass is 10.0. The molecule has 0 aliphatic carbocycles. The molecular weight excluding hydrogens is 274 g/mol. The van der Waals surface area contributed by atoms with E-state index in [1.54, 1.807) is 11.0 Å². The van der Waals surface area contributed by atoms with Crippen LogP contribution in [0, 0.1) is 5.92 Å². The number of amides is 1. The van der Waals surface area contributed by atoms with Crippen LogP contribution in [0.15, 0.2) is 29.2 Å². The number of carboxylic acids is 1. The van der Waals surface area contributed by atoms with Gasteiger partial charge in [-0.05, 0) is 12.1 Å². The van der Waals surface area contributed by atoms with E-state index in [9.17, 15) is 9.59 Å². The van der Waals surface area contributed by atoms with Gasteiger partial charge in [0.1, 0.15) is 0 Å². The minimum absolute atomic E-state index is 0.0441. The highest BCUT2D eigenvalue weighted by molar-refractivity contribution is 8.00. The van der Waals surface area contributed by atoms with Gasteiger partial charge in [-0.25, -0.2) is 0 Å². The smallest absolute Gasteiger partial charge is 0.310 e. The first kappa shape index (κ1) is 13.2. The molecule has 0 saturated carbocycles. The maximum atomic E-state index is 11.7. The molecule has 1 aromatic rings. The summed E-state index contributed by atoms with van der Waals surface area (Å²) in [7, 11) is 0. The van der Waals surface area contributed by atoms with E-state index in [0.717, 1.165) is 4.90 Å². The van der Waals surface area contributed by atoms with Gasteiger partial charge in [0.2, 0.25) is 5.91 Å². The van der Waals surface area contributed by atoms with Crippen LogP contribution in [0.5, 0.6) is 0 Å². The van der Waals surface area contributed by atoms with Crippen molar-refractivity contribution < 1.29 is 14.7 Å². The van der Waals surface area contributed by atoms with Crippen molar-refractivity contribution in [3.8, 4) is 0 Å². The standard InChI is InChI=1S/C12H12ClNO3S/c13-9-3-1-2-4-10(9)18-7-11(15)14-5-8(6-14)12(16)17/h1-4,8H,5-7H2,(H,16,17). The summed E-state index contributed by atoms with van der Waals surface area (Å²) in [5.74, 6) is -0.995. The van der Waals surface area contributed by atoms with Gasteiger partial charge in [-0.1, -0.05) is 23.7 Å². The molecule has 1 N–H and O–H groups in total. The lowest BCUT2D eigenvalue weighted by molar-refractivity contribution is -0.151. The molecular formula is C12H12ClNO3S. The molecule has 1 aliphatic rings. The quantitative estimate of drug-likeness (QED) is 0.860. The molecule has 1 amide bonds. The summed E-state index contributed by atoms with van der Waals surface area (Å²) in [5, 5.41) is 9.34. The van der Waals surface area contributed by atoms with E-state index in [1.807, 2.05) is 18.2 Å². The van der Waals surface area contributed by atoms with Gasteiger partial charge in [-0.15, -0.1) is 11.8 Å². The Kier molecular flexibility index (Phi) is 4.14. The van der Waals surface area contributed by atoms with Crippen molar-refractivity contribution in [1.29, 1.82) is 0 Å². The van der Waals surface area contributed by atoms with Crippen molar-refractivity contribution in [2.24, 2.45) is 5.92 Å². The Morgan fingerprint density at radius 1 is 1.39 bits per heavy atom. The number of carbonyl (C=O) groups is 2. The molecule has 0 atom stereocenters. The van der Waals surface area contributed by atoms with E-state index in [2.05, 4.69) is 0 Å². The number of hydrogen-bond donors (Lipinski definition) is 1. The van der Waals surface area contributed by atoms with Crippen molar-refractivity contribution in [1.82, 2.24) is 4.90 Å². The number of rotatable bonds is 4. The predicted molar refractivity (Wildman–Crippen MR) is 69.9 cm³/mol. The molecule has 0 aromatic heterocycles. The maximum Gasteiger partial charge on any atom is 0.310 e. The van der Waals surface area contributed by atoms with E-state index in [4.69, 9.17) is 16.7 Å². The normalized spacial score (nSPS) is 15.3. The second-order valence-corrected chi connectivity index (χ2v) is 5.48. The summed E-state index contributed by atoms with van der Waals surface area (Å²) < 4.78 is 0. The summed E-state index contributed by atoms with van der Waals surface area (Å²) in [6, 6.07) is 7.33. The van der Waals surface area contributed by atoms with Crippen molar-refractivity contribution >= 4 is 35.2 Å². The molecule has 1 fully saturated rings. The van der Waals surface area contributed by atoms with Crippen LogP contribution in [0.25, 0.3) is 0 Å². The first-order valence-electron chi connectivity index (χ1n) is 5.46. The zero-order valence-corrected chi connectivity index (χ0v) is 11.1. The molecule has 18 heavy (non-hydrogen) atoms. The molecule has 4 nitrogen and oxygen atoms in total. The number of carbonyl (C=O) groups excluding carboxylic acids is 1. The first-order chi connectivity index (χ1) is 8.58. The zero-order chi connectivity index (χ0) is 13.1. The average Bonchev–Trinajstić information content (AvgIpc) is 2.25. The molecule has 1 saturated heterocycles. The number of carboxylic acid groups (broad SMARTS) is 1. The second kappa shape index (κ2) is 5.63. The van der Waals surface area contributed by atoms with Crippen LogP contribution in [0.2, 0.25) is 5.02 Å². The number of likely N-dealkylation sites (tertiary alicyclic amines) is 1. The molecule has 0 radical (unpaired) electrons. The third kappa shape index (κ3) is 2.97. The van der Waals surface area contributed by atoms with Gasteiger partial charge in [0, 0.05) is 18.0 Å². The molecule has 1 heterocycles. The lowest BCUT2D eigenvalue weighted by Crippen LogP contribution is -2.53. The van der Waals surface area contributed by atoms with Gasteiger partial charge >= 0.3 is 5.97 Å². The Bertz CT molecular complexity index is 474. The number of halogens is 1. The largest absolute Gasteiger partial charge is 0.481 e. The summed E-state index contributed by atoms with van der Waals surface area (Å²) in [6.45, 7) is 0.633. The zero-order valence-electron chi connectivity index (χ0n) is 9.51. The van der Waals surface area contributed by atoms with Gasteiger partial charge < -0.3 is 10.0 Å². The number of thioether (sulfide) groups is 1. The van der Waals surface area contributed by atoms with Crippen LogP contribution >= 0.6 is 23.4 Å². The summed E-state index contributed by atoms with van der Waals surface area (Å²) in [5.41, 5.74) is 0. The van der Waals surface area contributed by atoms with Gasteiger partial charge in [-0.2, -0.15) is 0 Å². The van der Waals surface area contributed by atoms with E-state index in [-0.39, 0.29) is 11.7 Å².